The predicted molar refractivity (Wildman–Crippen MR) is 62.1 cm³/mol. The van der Waals surface area contributed by atoms with Crippen LogP contribution in [-0.2, 0) is 11.2 Å². The molecule has 0 spiro atoms. The van der Waals surface area contributed by atoms with Crippen molar-refractivity contribution in [3.05, 3.63) is 11.9 Å². The lowest BCUT2D eigenvalue weighted by atomic mass is 9.98. The third kappa shape index (κ3) is 3.93. The molecule has 16 heavy (non-hydrogen) atoms. The number of hydrogen-bond acceptors (Lipinski definition) is 3. The zero-order chi connectivity index (χ0) is 11.1. The Hall–Kier alpha value is -0.900. The van der Waals surface area contributed by atoms with Crippen molar-refractivity contribution in [1.29, 1.82) is 0 Å². The van der Waals surface area contributed by atoms with E-state index in [-0.39, 0.29) is 0 Å². The predicted octanol–water partition coefficient (Wildman–Crippen LogP) is 2.48. The Balaban J connectivity index is 1.48. The topological polar surface area (TPSA) is 50.8 Å². The van der Waals surface area contributed by atoms with E-state index in [1.54, 1.807) is 0 Å². The second-order valence-electron chi connectivity index (χ2n) is 4.55. The van der Waals surface area contributed by atoms with E-state index in [9.17, 15) is 0 Å². The van der Waals surface area contributed by atoms with Crippen molar-refractivity contribution in [2.75, 3.05) is 6.61 Å². The Morgan fingerprint density at radius 2 is 2.12 bits per heavy atom. The molecule has 0 atom stereocenters. The van der Waals surface area contributed by atoms with Crippen LogP contribution in [0.1, 0.15) is 50.6 Å². The van der Waals surface area contributed by atoms with E-state index in [4.69, 9.17) is 4.74 Å². The lowest BCUT2D eigenvalue weighted by Gasteiger charge is -2.21. The van der Waals surface area contributed by atoms with Gasteiger partial charge in [0.25, 0.3) is 0 Å². The molecule has 0 unspecified atom stereocenters. The quantitative estimate of drug-likeness (QED) is 0.754. The van der Waals surface area contributed by atoms with Gasteiger partial charge in [-0.15, -0.1) is 5.10 Å². The van der Waals surface area contributed by atoms with Crippen LogP contribution in [0.2, 0.25) is 0 Å². The summed E-state index contributed by atoms with van der Waals surface area (Å²) in [4.78, 5) is 0. The summed E-state index contributed by atoms with van der Waals surface area (Å²) >= 11 is 0. The highest BCUT2D eigenvalue weighted by molar-refractivity contribution is 4.89. The van der Waals surface area contributed by atoms with E-state index in [1.807, 2.05) is 6.20 Å². The highest BCUT2D eigenvalue weighted by Gasteiger charge is 2.12. The van der Waals surface area contributed by atoms with Crippen LogP contribution in [0.15, 0.2) is 6.20 Å². The number of rotatable bonds is 6. The van der Waals surface area contributed by atoms with Gasteiger partial charge in [-0.1, -0.05) is 24.5 Å². The lowest BCUT2D eigenvalue weighted by Crippen LogP contribution is -2.17. The molecule has 4 nitrogen and oxygen atoms in total. The number of unbranched alkanes of at least 4 members (excludes halogenated alkanes) is 1. The van der Waals surface area contributed by atoms with E-state index in [1.165, 1.54) is 32.1 Å². The number of aromatic nitrogens is 3. The van der Waals surface area contributed by atoms with Gasteiger partial charge in [0.1, 0.15) is 0 Å². The summed E-state index contributed by atoms with van der Waals surface area (Å²) in [6, 6.07) is 0. The maximum atomic E-state index is 5.86. The monoisotopic (exact) mass is 223 g/mol. The van der Waals surface area contributed by atoms with Gasteiger partial charge in [0.05, 0.1) is 11.8 Å². The number of aromatic amines is 1. The van der Waals surface area contributed by atoms with Crippen molar-refractivity contribution < 1.29 is 4.74 Å². The van der Waals surface area contributed by atoms with Crippen molar-refractivity contribution in [3.63, 3.8) is 0 Å². The fraction of sp³-hybridized carbons (Fsp3) is 0.833. The highest BCUT2D eigenvalue weighted by atomic mass is 16.5. The van der Waals surface area contributed by atoms with Crippen molar-refractivity contribution in [3.8, 4) is 0 Å². The van der Waals surface area contributed by atoms with Crippen molar-refractivity contribution in [2.45, 2.75) is 57.5 Å². The van der Waals surface area contributed by atoms with Crippen LogP contribution in [0.4, 0.5) is 0 Å². The summed E-state index contributed by atoms with van der Waals surface area (Å²) in [5, 5.41) is 10.4. The molecular weight excluding hydrogens is 202 g/mol. The normalized spacial score (nSPS) is 17.8. The van der Waals surface area contributed by atoms with Crippen LogP contribution < -0.4 is 0 Å². The van der Waals surface area contributed by atoms with Gasteiger partial charge in [-0.25, -0.2) is 0 Å². The number of nitrogens with one attached hydrogen (secondary N) is 1. The van der Waals surface area contributed by atoms with Gasteiger partial charge >= 0.3 is 0 Å². The molecular formula is C12H21N3O. The van der Waals surface area contributed by atoms with E-state index >= 15 is 0 Å². The molecule has 1 heterocycles. The standard InChI is InChI=1S/C12H21N3O/c1-2-7-12(8-3-1)16-9-5-4-6-11-10-13-15-14-11/h10,12H,1-9H2,(H,13,14,15). The van der Waals surface area contributed by atoms with Crippen LogP contribution in [0.5, 0.6) is 0 Å². The van der Waals surface area contributed by atoms with E-state index < -0.39 is 0 Å². The molecule has 4 heteroatoms. The molecule has 1 saturated carbocycles. The molecule has 2 rings (SSSR count). The van der Waals surface area contributed by atoms with Crippen LogP contribution in [0.25, 0.3) is 0 Å². The summed E-state index contributed by atoms with van der Waals surface area (Å²) in [7, 11) is 0. The van der Waals surface area contributed by atoms with E-state index in [0.717, 1.165) is 31.6 Å². The van der Waals surface area contributed by atoms with Gasteiger partial charge in [0.15, 0.2) is 0 Å². The van der Waals surface area contributed by atoms with E-state index in [2.05, 4.69) is 15.4 Å². The molecule has 0 amide bonds. The minimum Gasteiger partial charge on any atom is -0.378 e. The number of H-pyrrole nitrogens is 1. The molecule has 1 N–H and O–H groups in total. The van der Waals surface area contributed by atoms with Crippen molar-refractivity contribution in [2.24, 2.45) is 0 Å². The van der Waals surface area contributed by atoms with Gasteiger partial charge in [-0.05, 0) is 32.1 Å². The molecule has 0 bridgehead atoms. The van der Waals surface area contributed by atoms with Crippen LogP contribution in [-0.4, -0.2) is 28.1 Å². The van der Waals surface area contributed by atoms with Gasteiger partial charge < -0.3 is 4.74 Å². The lowest BCUT2D eigenvalue weighted by molar-refractivity contribution is 0.0265. The molecule has 0 aliphatic heterocycles. The van der Waals surface area contributed by atoms with Gasteiger partial charge in [-0.3, -0.25) is 5.10 Å². The smallest absolute Gasteiger partial charge is 0.0824 e. The fourth-order valence-electron chi connectivity index (χ4n) is 2.24. The molecule has 1 aromatic rings. The molecule has 1 fully saturated rings. The zero-order valence-electron chi connectivity index (χ0n) is 9.82. The molecule has 0 radical (unpaired) electrons. The summed E-state index contributed by atoms with van der Waals surface area (Å²) in [5.41, 5.74) is 1.05. The zero-order valence-corrected chi connectivity index (χ0v) is 9.82. The first-order valence-electron chi connectivity index (χ1n) is 6.42. The van der Waals surface area contributed by atoms with Crippen molar-refractivity contribution in [1.82, 2.24) is 15.4 Å². The molecule has 1 aromatic heterocycles. The number of aryl methyl sites for hydroxylation is 1. The molecule has 0 aromatic carbocycles. The first kappa shape index (κ1) is 11.6. The maximum Gasteiger partial charge on any atom is 0.0824 e. The van der Waals surface area contributed by atoms with Crippen LogP contribution in [0.3, 0.4) is 0 Å². The van der Waals surface area contributed by atoms with Gasteiger partial charge in [0, 0.05) is 12.8 Å². The van der Waals surface area contributed by atoms with Crippen LogP contribution in [0, 0.1) is 0 Å². The molecule has 90 valence electrons. The average molecular weight is 223 g/mol. The Morgan fingerprint density at radius 3 is 2.88 bits per heavy atom. The summed E-state index contributed by atoms with van der Waals surface area (Å²) in [6.07, 6.45) is 12.3. The SMILES string of the molecule is c1[nH]nnc1CCCCOC1CCCCC1. The number of hydrogen-bond donors (Lipinski definition) is 1. The Bertz CT molecular complexity index is 268. The number of ether oxygens (including phenoxy) is 1. The van der Waals surface area contributed by atoms with Crippen LogP contribution >= 0.6 is 0 Å². The second kappa shape index (κ2) is 6.63. The molecule has 1 aliphatic carbocycles. The Kier molecular flexibility index (Phi) is 4.80. The highest BCUT2D eigenvalue weighted by Crippen LogP contribution is 2.20. The first-order chi connectivity index (χ1) is 7.95. The summed E-state index contributed by atoms with van der Waals surface area (Å²) in [6.45, 7) is 0.905. The van der Waals surface area contributed by atoms with Crippen molar-refractivity contribution >= 4 is 0 Å². The molecule has 1 aliphatic rings. The first-order valence-corrected chi connectivity index (χ1v) is 6.42. The van der Waals surface area contributed by atoms with Gasteiger partial charge in [-0.2, -0.15) is 0 Å². The van der Waals surface area contributed by atoms with Gasteiger partial charge in [0.2, 0.25) is 0 Å². The largest absolute Gasteiger partial charge is 0.378 e. The molecule has 0 saturated heterocycles. The average Bonchev–Trinajstić information content (AvgIpc) is 2.83. The third-order valence-corrected chi connectivity index (χ3v) is 3.20. The number of nitrogens with zero attached hydrogens (tertiary/aromatic N) is 2. The third-order valence-electron chi connectivity index (χ3n) is 3.20. The minimum absolute atomic E-state index is 0.542. The summed E-state index contributed by atoms with van der Waals surface area (Å²) < 4.78 is 5.86. The minimum atomic E-state index is 0.542. The Morgan fingerprint density at radius 1 is 1.25 bits per heavy atom. The fourth-order valence-corrected chi connectivity index (χ4v) is 2.24. The maximum absolute atomic E-state index is 5.86. The van der Waals surface area contributed by atoms with E-state index in [0.29, 0.717) is 6.10 Å². The summed E-state index contributed by atoms with van der Waals surface area (Å²) in [5.74, 6) is 0. The Labute approximate surface area is 96.8 Å². The second-order valence-corrected chi connectivity index (χ2v) is 4.55.